The topological polar surface area (TPSA) is 58.6 Å². The van der Waals surface area contributed by atoms with Gasteiger partial charge in [-0.3, -0.25) is 4.79 Å². The van der Waals surface area contributed by atoms with E-state index in [1.165, 1.54) is 0 Å². The van der Waals surface area contributed by atoms with E-state index in [0.29, 0.717) is 24.2 Å². The monoisotopic (exact) mass is 413 g/mol. The summed E-state index contributed by atoms with van der Waals surface area (Å²) in [6.07, 6.45) is 1.93. The van der Waals surface area contributed by atoms with E-state index in [1.807, 2.05) is 97.9 Å². The first-order chi connectivity index (χ1) is 15.0. The highest BCUT2D eigenvalue weighted by molar-refractivity contribution is 6.27. The third-order valence-corrected chi connectivity index (χ3v) is 6.12. The van der Waals surface area contributed by atoms with Crippen molar-refractivity contribution in [3.05, 3.63) is 108 Å². The van der Waals surface area contributed by atoms with Crippen LogP contribution in [-0.2, 0) is 16.9 Å². The standard InChI is InChI=1S/C27H27NO3/c1-26(19-28-18-20-13-15-23(31-2)16-14-20)17-24(21-9-5-3-6-10-21)25(29)27(26,30)22-11-7-4-8-12-22/h3-17,28,30H,18-19H2,1-2H3/t26-,27+/m0/s1. The molecule has 0 spiro atoms. The highest BCUT2D eigenvalue weighted by atomic mass is 16.5. The number of benzene rings is 3. The quantitative estimate of drug-likeness (QED) is 0.605. The van der Waals surface area contributed by atoms with Crippen molar-refractivity contribution in [1.82, 2.24) is 5.32 Å². The van der Waals surface area contributed by atoms with Gasteiger partial charge in [-0.05, 0) is 28.8 Å². The van der Waals surface area contributed by atoms with Crippen molar-refractivity contribution >= 4 is 11.4 Å². The molecule has 0 heterocycles. The maximum absolute atomic E-state index is 13.6. The van der Waals surface area contributed by atoms with E-state index in [-0.39, 0.29) is 5.78 Å². The van der Waals surface area contributed by atoms with Gasteiger partial charge in [0.25, 0.3) is 0 Å². The summed E-state index contributed by atoms with van der Waals surface area (Å²) in [6, 6.07) is 26.6. The molecular weight excluding hydrogens is 386 g/mol. The molecular formula is C27H27NO3. The molecule has 4 heteroatoms. The number of Topliss-reactive ketones (excluding diaryl/α,β-unsaturated/α-hetero) is 1. The van der Waals surface area contributed by atoms with Crippen LogP contribution in [0.5, 0.6) is 5.75 Å². The van der Waals surface area contributed by atoms with Gasteiger partial charge in [-0.2, -0.15) is 0 Å². The third kappa shape index (κ3) is 3.80. The summed E-state index contributed by atoms with van der Waals surface area (Å²) >= 11 is 0. The van der Waals surface area contributed by atoms with Crippen molar-refractivity contribution in [2.45, 2.75) is 19.1 Å². The number of hydrogen-bond donors (Lipinski definition) is 2. The Labute approximate surface area is 183 Å². The Kier molecular flexibility index (Phi) is 5.77. The predicted octanol–water partition coefficient (Wildman–Crippen LogP) is 4.35. The molecule has 0 unspecified atom stereocenters. The van der Waals surface area contributed by atoms with Gasteiger partial charge in [0.1, 0.15) is 5.75 Å². The minimum Gasteiger partial charge on any atom is -0.497 e. The molecule has 2 N–H and O–H groups in total. The van der Waals surface area contributed by atoms with Gasteiger partial charge in [0.15, 0.2) is 11.4 Å². The Balaban J connectivity index is 1.64. The summed E-state index contributed by atoms with van der Waals surface area (Å²) in [6.45, 7) is 2.99. The number of aliphatic hydroxyl groups is 1. The van der Waals surface area contributed by atoms with Crippen molar-refractivity contribution in [3.8, 4) is 5.75 Å². The van der Waals surface area contributed by atoms with Gasteiger partial charge < -0.3 is 15.2 Å². The average molecular weight is 414 g/mol. The maximum Gasteiger partial charge on any atom is 0.200 e. The summed E-state index contributed by atoms with van der Waals surface area (Å²) in [7, 11) is 1.65. The van der Waals surface area contributed by atoms with Crippen LogP contribution in [0.2, 0.25) is 0 Å². The molecule has 1 aliphatic carbocycles. The largest absolute Gasteiger partial charge is 0.497 e. The fourth-order valence-electron chi connectivity index (χ4n) is 4.30. The lowest BCUT2D eigenvalue weighted by Gasteiger charge is -2.38. The molecule has 0 aromatic heterocycles. The molecule has 0 amide bonds. The van der Waals surface area contributed by atoms with Gasteiger partial charge in [-0.15, -0.1) is 0 Å². The van der Waals surface area contributed by atoms with Gasteiger partial charge in [0.2, 0.25) is 0 Å². The van der Waals surface area contributed by atoms with E-state index >= 15 is 0 Å². The number of nitrogens with one attached hydrogen (secondary N) is 1. The number of rotatable bonds is 7. The molecule has 3 aromatic carbocycles. The first-order valence-electron chi connectivity index (χ1n) is 10.4. The first-order valence-corrected chi connectivity index (χ1v) is 10.4. The Morgan fingerprint density at radius 1 is 0.903 bits per heavy atom. The Bertz CT molecular complexity index is 1080. The number of ketones is 1. The highest BCUT2D eigenvalue weighted by Gasteiger charge is 2.57. The minimum absolute atomic E-state index is 0.265. The van der Waals surface area contributed by atoms with Crippen LogP contribution in [0.25, 0.3) is 5.57 Å². The van der Waals surface area contributed by atoms with Crippen LogP contribution in [0, 0.1) is 5.41 Å². The molecule has 0 saturated carbocycles. The van der Waals surface area contributed by atoms with Crippen LogP contribution >= 0.6 is 0 Å². The summed E-state index contributed by atoms with van der Waals surface area (Å²) < 4.78 is 5.21. The van der Waals surface area contributed by atoms with Crippen molar-refractivity contribution in [2.75, 3.05) is 13.7 Å². The molecule has 158 valence electrons. The zero-order valence-corrected chi connectivity index (χ0v) is 17.8. The van der Waals surface area contributed by atoms with Crippen molar-refractivity contribution in [2.24, 2.45) is 5.41 Å². The van der Waals surface area contributed by atoms with E-state index in [0.717, 1.165) is 16.9 Å². The van der Waals surface area contributed by atoms with Crippen LogP contribution < -0.4 is 10.1 Å². The van der Waals surface area contributed by atoms with E-state index < -0.39 is 11.0 Å². The summed E-state index contributed by atoms with van der Waals surface area (Å²) in [5.74, 6) is 0.546. The number of methoxy groups -OCH3 is 1. The zero-order valence-electron chi connectivity index (χ0n) is 17.8. The average Bonchev–Trinajstić information content (AvgIpc) is 3.03. The van der Waals surface area contributed by atoms with E-state index in [4.69, 9.17) is 4.74 Å². The fourth-order valence-corrected chi connectivity index (χ4v) is 4.30. The van der Waals surface area contributed by atoms with E-state index in [9.17, 15) is 9.90 Å². The van der Waals surface area contributed by atoms with Crippen LogP contribution in [0.3, 0.4) is 0 Å². The van der Waals surface area contributed by atoms with Gasteiger partial charge in [0.05, 0.1) is 7.11 Å². The van der Waals surface area contributed by atoms with Gasteiger partial charge in [0, 0.05) is 24.1 Å². The number of hydrogen-bond acceptors (Lipinski definition) is 4. The van der Waals surface area contributed by atoms with E-state index in [2.05, 4.69) is 5.32 Å². The molecule has 0 aliphatic heterocycles. The normalized spacial score (nSPS) is 22.9. The summed E-state index contributed by atoms with van der Waals surface area (Å²) in [5.41, 5.74) is 0.622. The maximum atomic E-state index is 13.6. The second-order valence-electron chi connectivity index (χ2n) is 8.20. The van der Waals surface area contributed by atoms with Crippen LogP contribution in [0.4, 0.5) is 0 Å². The molecule has 0 radical (unpaired) electrons. The van der Waals surface area contributed by atoms with Crippen LogP contribution in [0.1, 0.15) is 23.6 Å². The Morgan fingerprint density at radius 3 is 2.13 bits per heavy atom. The van der Waals surface area contributed by atoms with Gasteiger partial charge in [-0.25, -0.2) is 0 Å². The summed E-state index contributed by atoms with van der Waals surface area (Å²) in [5, 5.41) is 15.3. The molecule has 3 aromatic rings. The summed E-state index contributed by atoms with van der Waals surface area (Å²) in [4.78, 5) is 13.6. The molecule has 0 fully saturated rings. The lowest BCUT2D eigenvalue weighted by Crippen LogP contribution is -2.50. The zero-order chi connectivity index (χ0) is 21.9. The predicted molar refractivity (Wildman–Crippen MR) is 123 cm³/mol. The molecule has 0 saturated heterocycles. The smallest absolute Gasteiger partial charge is 0.200 e. The van der Waals surface area contributed by atoms with E-state index in [1.54, 1.807) is 7.11 Å². The van der Waals surface area contributed by atoms with Crippen molar-refractivity contribution < 1.29 is 14.6 Å². The minimum atomic E-state index is -1.65. The number of carbonyl (C=O) groups is 1. The lowest BCUT2D eigenvalue weighted by atomic mass is 9.71. The Hall–Kier alpha value is -3.21. The number of carbonyl (C=O) groups excluding carboxylic acids is 1. The molecule has 4 rings (SSSR count). The Morgan fingerprint density at radius 2 is 1.52 bits per heavy atom. The molecule has 31 heavy (non-hydrogen) atoms. The first kappa shape index (κ1) is 21.0. The molecule has 0 bridgehead atoms. The fraction of sp³-hybridized carbons (Fsp3) is 0.222. The van der Waals surface area contributed by atoms with Gasteiger partial charge >= 0.3 is 0 Å². The van der Waals surface area contributed by atoms with Crippen LogP contribution in [-0.4, -0.2) is 24.5 Å². The molecule has 2 atom stereocenters. The molecule has 1 aliphatic rings. The van der Waals surface area contributed by atoms with Gasteiger partial charge in [-0.1, -0.05) is 85.8 Å². The lowest BCUT2D eigenvalue weighted by molar-refractivity contribution is -0.140. The molecule has 4 nitrogen and oxygen atoms in total. The highest BCUT2D eigenvalue weighted by Crippen LogP contribution is 2.51. The third-order valence-electron chi connectivity index (χ3n) is 6.12. The van der Waals surface area contributed by atoms with Crippen molar-refractivity contribution in [3.63, 3.8) is 0 Å². The second-order valence-corrected chi connectivity index (χ2v) is 8.20. The van der Waals surface area contributed by atoms with Crippen molar-refractivity contribution in [1.29, 1.82) is 0 Å². The van der Waals surface area contributed by atoms with Crippen LogP contribution in [0.15, 0.2) is 91.0 Å². The second kappa shape index (κ2) is 8.50. The SMILES string of the molecule is COc1ccc(CNC[C@]2(C)C=C(c3ccccc3)C(=O)[C@]2(O)c2ccccc2)cc1. The number of ether oxygens (including phenoxy) is 1.